The summed E-state index contributed by atoms with van der Waals surface area (Å²) >= 11 is 0. The average Bonchev–Trinajstić information content (AvgIpc) is 3.02. The number of hydrogen-bond acceptors (Lipinski definition) is 3. The van der Waals surface area contributed by atoms with Gasteiger partial charge in [0.2, 0.25) is 0 Å². The Bertz CT molecular complexity index is 768. The summed E-state index contributed by atoms with van der Waals surface area (Å²) in [5.41, 5.74) is 0.740. The van der Waals surface area contributed by atoms with Crippen molar-refractivity contribution in [2.75, 3.05) is 0 Å². The van der Waals surface area contributed by atoms with Gasteiger partial charge >= 0.3 is 5.97 Å². The first-order valence-corrected chi connectivity index (χ1v) is 9.25. The molecule has 2 rings (SSSR count). The third-order valence-electron chi connectivity index (χ3n) is 5.05. The molecule has 1 unspecified atom stereocenters. The number of nitriles is 1. The van der Waals surface area contributed by atoms with Crippen molar-refractivity contribution in [1.29, 1.82) is 5.26 Å². The van der Waals surface area contributed by atoms with Crippen molar-refractivity contribution in [2.24, 2.45) is 17.3 Å². The first-order chi connectivity index (χ1) is 12.6. The normalized spacial score (nSPS) is 23.1. The summed E-state index contributed by atoms with van der Waals surface area (Å²) in [6.45, 7) is 5.79. The van der Waals surface area contributed by atoms with E-state index in [0.717, 1.165) is 5.56 Å². The molecule has 3 atom stereocenters. The number of rotatable bonds is 6. The number of carbonyl (C=O) groups excluding carboxylic acids is 1. The van der Waals surface area contributed by atoms with Gasteiger partial charge in [0, 0.05) is 6.42 Å². The predicted molar refractivity (Wildman–Crippen MR) is 100 cm³/mol. The van der Waals surface area contributed by atoms with Crippen molar-refractivity contribution >= 4 is 11.8 Å². The van der Waals surface area contributed by atoms with Crippen molar-refractivity contribution in [2.45, 2.75) is 52.4 Å². The van der Waals surface area contributed by atoms with Crippen LogP contribution in [0.1, 0.15) is 57.9 Å². The van der Waals surface area contributed by atoms with E-state index in [1.807, 2.05) is 26.8 Å². The maximum absolute atomic E-state index is 13.2. The predicted octanol–water partition coefficient (Wildman–Crippen LogP) is 4.87. The maximum atomic E-state index is 13.2. The lowest BCUT2D eigenvalue weighted by atomic mass is 9.89. The first kappa shape index (κ1) is 20.8. The Kier molecular flexibility index (Phi) is 6.54. The molecule has 0 heterocycles. The molecule has 0 aromatic heterocycles. The minimum Gasteiger partial charge on any atom is -0.481 e. The Morgan fingerprint density at radius 2 is 1.89 bits per heavy atom. The highest BCUT2D eigenvalue weighted by Crippen LogP contribution is 2.45. The van der Waals surface area contributed by atoms with Gasteiger partial charge in [-0.3, -0.25) is 9.59 Å². The van der Waals surface area contributed by atoms with Crippen LogP contribution in [-0.2, 0) is 9.59 Å². The van der Waals surface area contributed by atoms with E-state index in [9.17, 15) is 24.3 Å². The molecular weight excluding hydrogens is 345 g/mol. The summed E-state index contributed by atoms with van der Waals surface area (Å²) in [7, 11) is 0. The molecule has 144 valence electrons. The van der Waals surface area contributed by atoms with Gasteiger partial charge in [0.05, 0.1) is 11.5 Å². The molecule has 1 aromatic carbocycles. The van der Waals surface area contributed by atoms with Crippen LogP contribution in [0.2, 0.25) is 0 Å². The maximum Gasteiger partial charge on any atom is 0.307 e. The molecule has 0 amide bonds. The third-order valence-corrected chi connectivity index (χ3v) is 5.05. The van der Waals surface area contributed by atoms with Gasteiger partial charge in [-0.1, -0.05) is 39.0 Å². The molecule has 1 aliphatic carbocycles. The molecule has 5 heteroatoms. The SMILES string of the molecule is CC(C)(C)/C=C(\C#N)C(=O)CCC1C[C@@H](C(=O)O)[C@H](c2ccc(F)cc2)C1. The van der Waals surface area contributed by atoms with Gasteiger partial charge in [-0.2, -0.15) is 5.26 Å². The van der Waals surface area contributed by atoms with Crippen LogP contribution in [0.25, 0.3) is 0 Å². The van der Waals surface area contributed by atoms with Gasteiger partial charge in [0.15, 0.2) is 5.78 Å². The number of halogens is 1. The Balaban J connectivity index is 2.05. The van der Waals surface area contributed by atoms with Crippen LogP contribution in [0.5, 0.6) is 0 Å². The summed E-state index contributed by atoms with van der Waals surface area (Å²) in [4.78, 5) is 24.0. The van der Waals surface area contributed by atoms with E-state index in [1.165, 1.54) is 12.1 Å². The molecule has 1 saturated carbocycles. The molecule has 1 aliphatic rings. The van der Waals surface area contributed by atoms with E-state index in [2.05, 4.69) is 0 Å². The number of Topliss-reactive ketones (excluding diaryl/α,β-unsaturated/α-hetero) is 1. The van der Waals surface area contributed by atoms with Crippen molar-refractivity contribution in [3.05, 3.63) is 47.3 Å². The van der Waals surface area contributed by atoms with Crippen molar-refractivity contribution in [1.82, 2.24) is 0 Å². The lowest BCUT2D eigenvalue weighted by Crippen LogP contribution is -2.16. The van der Waals surface area contributed by atoms with E-state index < -0.39 is 11.9 Å². The lowest BCUT2D eigenvalue weighted by molar-refractivity contribution is -0.142. The molecular formula is C22H26FNO3. The molecule has 0 saturated heterocycles. The Morgan fingerprint density at radius 3 is 2.41 bits per heavy atom. The Morgan fingerprint density at radius 1 is 1.26 bits per heavy atom. The van der Waals surface area contributed by atoms with E-state index >= 15 is 0 Å². The van der Waals surface area contributed by atoms with Crippen LogP contribution in [0.3, 0.4) is 0 Å². The standard InChI is InChI=1S/C22H26FNO3/c1-22(2,3)12-16(13-24)20(25)9-4-14-10-18(19(11-14)21(26)27)15-5-7-17(23)8-6-15/h5-8,12,14,18-19H,4,9-11H2,1-3H3,(H,26,27)/b16-12+/t14?,18-,19+/m0/s1. The number of ketones is 1. The van der Waals surface area contributed by atoms with Gasteiger partial charge in [-0.15, -0.1) is 0 Å². The molecule has 0 bridgehead atoms. The monoisotopic (exact) mass is 371 g/mol. The first-order valence-electron chi connectivity index (χ1n) is 9.25. The Hall–Kier alpha value is -2.48. The summed E-state index contributed by atoms with van der Waals surface area (Å²) in [6.07, 6.45) is 3.63. The fourth-order valence-electron chi connectivity index (χ4n) is 3.81. The highest BCUT2D eigenvalue weighted by Gasteiger charge is 2.39. The number of allylic oxidation sites excluding steroid dienone is 2. The minimum atomic E-state index is -0.858. The zero-order valence-corrected chi connectivity index (χ0v) is 16.0. The molecule has 0 radical (unpaired) electrons. The second-order valence-electron chi connectivity index (χ2n) is 8.44. The molecule has 27 heavy (non-hydrogen) atoms. The smallest absolute Gasteiger partial charge is 0.307 e. The molecule has 0 spiro atoms. The Labute approximate surface area is 159 Å². The molecule has 4 nitrogen and oxygen atoms in total. The van der Waals surface area contributed by atoms with Gasteiger partial charge < -0.3 is 5.11 Å². The van der Waals surface area contributed by atoms with Crippen LogP contribution < -0.4 is 0 Å². The van der Waals surface area contributed by atoms with Gasteiger partial charge in [0.25, 0.3) is 0 Å². The zero-order valence-electron chi connectivity index (χ0n) is 16.0. The fraction of sp³-hybridized carbons (Fsp3) is 0.500. The van der Waals surface area contributed by atoms with Crippen molar-refractivity contribution in [3.8, 4) is 6.07 Å². The summed E-state index contributed by atoms with van der Waals surface area (Å²) in [5.74, 6) is -2.01. The number of aliphatic carboxylic acids is 1. The quantitative estimate of drug-likeness (QED) is 0.572. The number of carboxylic acid groups (broad SMARTS) is 1. The number of carbonyl (C=O) groups is 2. The third kappa shape index (κ3) is 5.75. The molecule has 1 aromatic rings. The molecule has 1 fully saturated rings. The second-order valence-corrected chi connectivity index (χ2v) is 8.44. The van der Waals surface area contributed by atoms with Crippen LogP contribution >= 0.6 is 0 Å². The van der Waals surface area contributed by atoms with Gasteiger partial charge in [-0.25, -0.2) is 4.39 Å². The number of benzene rings is 1. The van der Waals surface area contributed by atoms with E-state index in [0.29, 0.717) is 19.3 Å². The zero-order chi connectivity index (χ0) is 20.2. The van der Waals surface area contributed by atoms with Gasteiger partial charge in [-0.05, 0) is 54.2 Å². The number of carboxylic acids is 1. The molecule has 0 aliphatic heterocycles. The highest BCUT2D eigenvalue weighted by atomic mass is 19.1. The highest BCUT2D eigenvalue weighted by molar-refractivity contribution is 5.99. The number of hydrogen-bond donors (Lipinski definition) is 1. The minimum absolute atomic E-state index is 0.0969. The van der Waals surface area contributed by atoms with Crippen molar-refractivity contribution in [3.63, 3.8) is 0 Å². The van der Waals surface area contributed by atoms with Crippen LogP contribution in [0, 0.1) is 34.4 Å². The van der Waals surface area contributed by atoms with Crippen molar-refractivity contribution < 1.29 is 19.1 Å². The topological polar surface area (TPSA) is 78.2 Å². The van der Waals surface area contributed by atoms with Gasteiger partial charge in [0.1, 0.15) is 11.9 Å². The van der Waals surface area contributed by atoms with E-state index in [-0.39, 0.29) is 40.8 Å². The molecule has 1 N–H and O–H groups in total. The van der Waals surface area contributed by atoms with Crippen LogP contribution in [-0.4, -0.2) is 16.9 Å². The number of nitrogens with zero attached hydrogens (tertiary/aromatic N) is 1. The summed E-state index contributed by atoms with van der Waals surface area (Å²) in [6, 6.07) is 7.96. The summed E-state index contributed by atoms with van der Waals surface area (Å²) < 4.78 is 13.2. The van der Waals surface area contributed by atoms with Crippen LogP contribution in [0.4, 0.5) is 4.39 Å². The second kappa shape index (κ2) is 8.47. The largest absolute Gasteiger partial charge is 0.481 e. The van der Waals surface area contributed by atoms with Crippen LogP contribution in [0.15, 0.2) is 35.9 Å². The van der Waals surface area contributed by atoms with E-state index in [1.54, 1.807) is 18.2 Å². The summed E-state index contributed by atoms with van der Waals surface area (Å²) in [5, 5.41) is 18.8. The average molecular weight is 371 g/mol. The van der Waals surface area contributed by atoms with E-state index in [4.69, 9.17) is 0 Å². The lowest BCUT2D eigenvalue weighted by Gasteiger charge is -2.15. The fourth-order valence-corrected chi connectivity index (χ4v) is 3.81.